The van der Waals surface area contributed by atoms with Gasteiger partial charge in [-0.15, -0.1) is 22.7 Å². The summed E-state index contributed by atoms with van der Waals surface area (Å²) in [4.78, 5) is 14.8. The summed E-state index contributed by atoms with van der Waals surface area (Å²) in [7, 11) is 0. The largest absolute Gasteiger partial charge is 0.493 e. The molecule has 3 aromatic rings. The van der Waals surface area contributed by atoms with Gasteiger partial charge in [0.15, 0.2) is 6.10 Å². The molecule has 0 spiro atoms. The zero-order valence-corrected chi connectivity index (χ0v) is 23.0. The molecular formula is C29H36NO4S2+. The highest BCUT2D eigenvalue weighted by Crippen LogP contribution is 2.40. The van der Waals surface area contributed by atoms with Crippen LogP contribution in [0.4, 0.5) is 0 Å². The molecule has 6 rings (SSSR count). The third-order valence-corrected chi connectivity index (χ3v) is 9.94. The Morgan fingerprint density at radius 3 is 2.22 bits per heavy atom. The highest BCUT2D eigenvalue weighted by molar-refractivity contribution is 7.12. The van der Waals surface area contributed by atoms with Crippen molar-refractivity contribution in [1.82, 2.24) is 0 Å². The average Bonchev–Trinajstić information content (AvgIpc) is 3.58. The minimum atomic E-state index is -1.74. The van der Waals surface area contributed by atoms with Gasteiger partial charge in [-0.1, -0.05) is 29.8 Å². The highest BCUT2D eigenvalue weighted by Gasteiger charge is 2.51. The maximum Gasteiger partial charge on any atom is 0.349 e. The number of piperidine rings is 3. The molecule has 36 heavy (non-hydrogen) atoms. The Morgan fingerprint density at radius 2 is 1.67 bits per heavy atom. The molecule has 0 aliphatic carbocycles. The summed E-state index contributed by atoms with van der Waals surface area (Å²) in [6.45, 7) is 11.1. The van der Waals surface area contributed by atoms with Gasteiger partial charge in [0.1, 0.15) is 12.3 Å². The van der Waals surface area contributed by atoms with Crippen LogP contribution in [0.25, 0.3) is 0 Å². The Kier molecular flexibility index (Phi) is 7.27. The number of rotatable bonds is 9. The van der Waals surface area contributed by atoms with Gasteiger partial charge in [0, 0.05) is 25.2 Å². The average molecular weight is 527 g/mol. The Balaban J connectivity index is 1.23. The number of thiophene rings is 2. The first-order valence-electron chi connectivity index (χ1n) is 12.9. The lowest BCUT2D eigenvalue weighted by Crippen LogP contribution is -2.65. The lowest BCUT2D eigenvalue weighted by molar-refractivity contribution is -0.946. The molecule has 2 aromatic heterocycles. The second kappa shape index (κ2) is 10.3. The van der Waals surface area contributed by atoms with Crippen LogP contribution in [-0.4, -0.2) is 54.4 Å². The van der Waals surface area contributed by atoms with Crippen LogP contribution < -0.4 is 4.74 Å². The molecule has 3 aliphatic rings. The van der Waals surface area contributed by atoms with E-state index in [9.17, 15) is 9.90 Å². The zero-order valence-electron chi connectivity index (χ0n) is 21.4. The minimum absolute atomic E-state index is 0.158. The molecule has 3 aliphatic heterocycles. The van der Waals surface area contributed by atoms with E-state index in [-0.39, 0.29) is 6.10 Å². The minimum Gasteiger partial charge on any atom is -0.493 e. The maximum absolute atomic E-state index is 13.5. The van der Waals surface area contributed by atoms with Crippen molar-refractivity contribution in [2.75, 3.05) is 32.8 Å². The first-order valence-corrected chi connectivity index (χ1v) is 14.6. The van der Waals surface area contributed by atoms with Crippen molar-refractivity contribution in [2.45, 2.75) is 51.7 Å². The number of nitrogens with zero attached hydrogens (tertiary/aromatic N) is 1. The van der Waals surface area contributed by atoms with E-state index in [0.717, 1.165) is 55.7 Å². The number of hydrogen-bond acceptors (Lipinski definition) is 6. The van der Waals surface area contributed by atoms with E-state index in [4.69, 9.17) is 9.47 Å². The molecule has 0 radical (unpaired) electrons. The number of fused-ring (bicyclic) bond motifs is 3. The van der Waals surface area contributed by atoms with Crippen LogP contribution in [-0.2, 0) is 15.1 Å². The van der Waals surface area contributed by atoms with Gasteiger partial charge in [-0.2, -0.15) is 0 Å². The fourth-order valence-corrected chi connectivity index (χ4v) is 7.87. The summed E-state index contributed by atoms with van der Waals surface area (Å²) in [6.07, 6.45) is 2.93. The van der Waals surface area contributed by atoms with Crippen molar-refractivity contribution in [3.63, 3.8) is 0 Å². The Morgan fingerprint density at radius 1 is 1.06 bits per heavy atom. The van der Waals surface area contributed by atoms with E-state index in [0.29, 0.717) is 22.3 Å². The fourth-order valence-electron chi connectivity index (χ4n) is 6.15. The number of hydrogen-bond donors (Lipinski definition) is 1. The summed E-state index contributed by atoms with van der Waals surface area (Å²) in [5.74, 6) is 0.836. The third kappa shape index (κ3) is 4.86. The first kappa shape index (κ1) is 25.5. The Bertz CT molecular complexity index is 1120. The lowest BCUT2D eigenvalue weighted by Gasteiger charge is -2.52. The maximum atomic E-state index is 13.5. The second-order valence-corrected chi connectivity index (χ2v) is 12.5. The van der Waals surface area contributed by atoms with E-state index in [2.05, 4.69) is 32.9 Å². The predicted octanol–water partition coefficient (Wildman–Crippen LogP) is 5.59. The number of benzene rings is 1. The van der Waals surface area contributed by atoms with Crippen molar-refractivity contribution < 1.29 is 23.9 Å². The zero-order chi connectivity index (χ0) is 25.3. The molecule has 3 saturated heterocycles. The van der Waals surface area contributed by atoms with Gasteiger partial charge in [0.25, 0.3) is 0 Å². The number of aliphatic hydroxyl groups is 1. The molecule has 5 nitrogen and oxygen atoms in total. The van der Waals surface area contributed by atoms with Crippen molar-refractivity contribution in [2.24, 2.45) is 5.92 Å². The van der Waals surface area contributed by atoms with E-state index in [1.54, 1.807) is 0 Å². The van der Waals surface area contributed by atoms with E-state index < -0.39 is 11.6 Å². The molecule has 192 valence electrons. The van der Waals surface area contributed by atoms with Gasteiger partial charge in [0.2, 0.25) is 5.60 Å². The molecule has 2 bridgehead atoms. The Hall–Kier alpha value is -2.19. The summed E-state index contributed by atoms with van der Waals surface area (Å²) in [6, 6.07) is 11.7. The first-order chi connectivity index (χ1) is 17.3. The van der Waals surface area contributed by atoms with Gasteiger partial charge in [-0.25, -0.2) is 4.79 Å². The Labute approximate surface area is 221 Å². The summed E-state index contributed by atoms with van der Waals surface area (Å²) >= 11 is 2.77. The van der Waals surface area contributed by atoms with Crippen molar-refractivity contribution in [3.05, 3.63) is 73.6 Å². The third-order valence-electron chi connectivity index (χ3n) is 7.98. The second-order valence-electron chi connectivity index (χ2n) is 10.6. The van der Waals surface area contributed by atoms with Gasteiger partial charge in [-0.05, 0) is 54.8 Å². The molecule has 1 atom stereocenters. The van der Waals surface area contributed by atoms with E-state index >= 15 is 0 Å². The quantitative estimate of drug-likeness (QED) is 0.224. The monoisotopic (exact) mass is 526 g/mol. The molecule has 1 aromatic carbocycles. The van der Waals surface area contributed by atoms with Gasteiger partial charge >= 0.3 is 5.97 Å². The fraction of sp³-hybridized carbons (Fsp3) is 0.483. The number of carbonyl (C=O) groups is 1. The van der Waals surface area contributed by atoms with Gasteiger partial charge < -0.3 is 19.1 Å². The number of ether oxygens (including phenoxy) is 2. The molecule has 7 heteroatoms. The number of carbonyl (C=O) groups excluding carboxylic acids is 1. The smallest absolute Gasteiger partial charge is 0.349 e. The summed E-state index contributed by atoms with van der Waals surface area (Å²) in [5, 5.41) is 15.4. The van der Waals surface area contributed by atoms with Crippen LogP contribution in [0.5, 0.6) is 5.75 Å². The number of esters is 1. The van der Waals surface area contributed by atoms with Crippen molar-refractivity contribution in [3.8, 4) is 5.75 Å². The topological polar surface area (TPSA) is 55.8 Å². The number of aryl methyl sites for hydroxylation is 3. The van der Waals surface area contributed by atoms with Crippen LogP contribution in [0.15, 0.2) is 47.2 Å². The molecule has 1 N–H and O–H groups in total. The van der Waals surface area contributed by atoms with Crippen LogP contribution in [0.2, 0.25) is 0 Å². The highest BCUT2D eigenvalue weighted by atomic mass is 32.1. The molecule has 0 amide bonds. The SMILES string of the molecule is Cc1cc(C)c(OCCC[N+]23CCC(CC2)C(OC(=O)C(O)(c2cccs2)c2cccs2)C3)c(C)c1. The van der Waals surface area contributed by atoms with Crippen molar-refractivity contribution >= 4 is 28.6 Å². The predicted molar refractivity (Wildman–Crippen MR) is 145 cm³/mol. The van der Waals surface area contributed by atoms with Crippen molar-refractivity contribution in [1.29, 1.82) is 0 Å². The molecule has 5 heterocycles. The normalized spacial score (nSPS) is 23.6. The van der Waals surface area contributed by atoms with Gasteiger partial charge in [-0.3, -0.25) is 0 Å². The van der Waals surface area contributed by atoms with Crippen LogP contribution in [0, 0.1) is 26.7 Å². The van der Waals surface area contributed by atoms with Crippen LogP contribution in [0.3, 0.4) is 0 Å². The van der Waals surface area contributed by atoms with Crippen LogP contribution >= 0.6 is 22.7 Å². The summed E-state index contributed by atoms with van der Waals surface area (Å²) in [5.41, 5.74) is 1.90. The molecule has 0 saturated carbocycles. The summed E-state index contributed by atoms with van der Waals surface area (Å²) < 4.78 is 13.3. The van der Waals surface area contributed by atoms with Gasteiger partial charge in [0.05, 0.1) is 36.0 Å². The molecule has 3 fully saturated rings. The standard InChI is InChI=1S/C29H36NO4S2/c1-20-17-21(2)27(22(3)18-20)33-14-6-11-30-12-9-23(10-13-30)24(19-30)34-28(31)29(32,25-7-4-15-35-25)26-8-5-16-36-26/h4-5,7-8,15-18,23-24,32H,6,9-14,19H2,1-3H3/q+1. The van der Waals surface area contributed by atoms with E-state index in [1.807, 2.05) is 35.0 Å². The van der Waals surface area contributed by atoms with Crippen LogP contribution in [0.1, 0.15) is 45.7 Å². The lowest BCUT2D eigenvalue weighted by atomic mass is 9.83. The molecule has 1 unspecified atom stereocenters. The van der Waals surface area contributed by atoms with E-state index in [1.165, 1.54) is 39.4 Å². The molecular weight excluding hydrogens is 490 g/mol. The number of quaternary nitrogens is 1.